The van der Waals surface area contributed by atoms with Crippen molar-refractivity contribution in [2.24, 2.45) is 7.05 Å². The summed E-state index contributed by atoms with van der Waals surface area (Å²) in [5.41, 5.74) is -0.184. The van der Waals surface area contributed by atoms with Gasteiger partial charge in [0.1, 0.15) is 5.56 Å². The third-order valence-corrected chi connectivity index (χ3v) is 3.17. The van der Waals surface area contributed by atoms with Crippen LogP contribution in [0.4, 0.5) is 0 Å². The van der Waals surface area contributed by atoms with E-state index in [-0.39, 0.29) is 5.56 Å². The maximum absolute atomic E-state index is 11.7. The van der Waals surface area contributed by atoms with E-state index in [4.69, 9.17) is 5.11 Å². The van der Waals surface area contributed by atoms with Crippen LogP contribution in [-0.2, 0) is 7.05 Å². The van der Waals surface area contributed by atoms with E-state index >= 15 is 0 Å². The molecule has 0 fully saturated rings. The van der Waals surface area contributed by atoms with Crippen LogP contribution in [0, 0.1) is 0 Å². The summed E-state index contributed by atoms with van der Waals surface area (Å²) >= 11 is 1.41. The van der Waals surface area contributed by atoms with Crippen LogP contribution >= 0.6 is 11.3 Å². The molecule has 0 aliphatic rings. The van der Waals surface area contributed by atoms with Crippen molar-refractivity contribution >= 4 is 17.3 Å². The van der Waals surface area contributed by atoms with Gasteiger partial charge in [-0.25, -0.2) is 4.79 Å². The van der Waals surface area contributed by atoms with Gasteiger partial charge in [0, 0.05) is 23.7 Å². The van der Waals surface area contributed by atoms with Gasteiger partial charge in [-0.05, 0) is 17.5 Å². The molecule has 0 aliphatic heterocycles. The zero-order valence-corrected chi connectivity index (χ0v) is 9.32. The van der Waals surface area contributed by atoms with Crippen LogP contribution < -0.4 is 5.56 Å². The molecule has 4 nitrogen and oxygen atoms in total. The monoisotopic (exact) mass is 235 g/mol. The van der Waals surface area contributed by atoms with Crippen LogP contribution in [0.1, 0.15) is 10.4 Å². The summed E-state index contributed by atoms with van der Waals surface area (Å²) < 4.78 is 1.26. The smallest absolute Gasteiger partial charge is 0.342 e. The molecule has 16 heavy (non-hydrogen) atoms. The fourth-order valence-corrected chi connectivity index (χ4v) is 2.23. The quantitative estimate of drug-likeness (QED) is 0.863. The molecule has 82 valence electrons. The lowest BCUT2D eigenvalue weighted by molar-refractivity contribution is 0.0695. The van der Waals surface area contributed by atoms with Crippen LogP contribution in [-0.4, -0.2) is 15.6 Å². The van der Waals surface area contributed by atoms with E-state index in [0.717, 1.165) is 4.88 Å². The summed E-state index contributed by atoms with van der Waals surface area (Å²) in [5, 5.41) is 10.9. The number of thiophene rings is 1. The third-order valence-electron chi connectivity index (χ3n) is 2.27. The van der Waals surface area contributed by atoms with Gasteiger partial charge in [-0.15, -0.1) is 11.3 Å². The second-order valence-corrected chi connectivity index (χ2v) is 4.25. The first-order valence-electron chi connectivity index (χ1n) is 4.58. The summed E-state index contributed by atoms with van der Waals surface area (Å²) in [6.45, 7) is 0. The van der Waals surface area contributed by atoms with E-state index in [1.165, 1.54) is 23.0 Å². The predicted molar refractivity (Wildman–Crippen MR) is 62.0 cm³/mol. The first kappa shape index (κ1) is 10.6. The topological polar surface area (TPSA) is 59.3 Å². The number of hydrogen-bond acceptors (Lipinski definition) is 3. The standard InChI is InChI=1S/C11H9NO3S/c1-12-5-4-7(8-3-2-6-16-8)9(10(12)13)11(14)15/h2-6H,1H3,(H,14,15). The molecule has 2 rings (SSSR count). The van der Waals surface area contributed by atoms with Crippen molar-refractivity contribution in [1.82, 2.24) is 4.57 Å². The minimum atomic E-state index is -1.19. The molecule has 0 saturated heterocycles. The van der Waals surface area contributed by atoms with Crippen molar-refractivity contribution in [2.75, 3.05) is 0 Å². The zero-order valence-electron chi connectivity index (χ0n) is 8.51. The summed E-state index contributed by atoms with van der Waals surface area (Å²) in [7, 11) is 1.53. The number of nitrogens with zero attached hydrogens (tertiary/aromatic N) is 1. The number of carbonyl (C=O) groups is 1. The van der Waals surface area contributed by atoms with E-state index in [0.29, 0.717) is 5.56 Å². The molecule has 0 bridgehead atoms. The number of carboxylic acid groups (broad SMARTS) is 1. The molecule has 0 amide bonds. The number of aromatic carboxylic acids is 1. The Morgan fingerprint density at radius 1 is 1.44 bits per heavy atom. The number of aromatic nitrogens is 1. The largest absolute Gasteiger partial charge is 0.477 e. The maximum Gasteiger partial charge on any atom is 0.342 e. The Balaban J connectivity index is 2.77. The summed E-state index contributed by atoms with van der Waals surface area (Å²) in [4.78, 5) is 23.6. The van der Waals surface area contributed by atoms with Crippen LogP contribution in [0.2, 0.25) is 0 Å². The van der Waals surface area contributed by atoms with Crippen molar-refractivity contribution in [3.8, 4) is 10.4 Å². The van der Waals surface area contributed by atoms with Gasteiger partial charge >= 0.3 is 5.97 Å². The second kappa shape index (κ2) is 3.94. The Morgan fingerprint density at radius 3 is 2.75 bits per heavy atom. The van der Waals surface area contributed by atoms with E-state index in [1.54, 1.807) is 18.3 Å². The van der Waals surface area contributed by atoms with Crippen molar-refractivity contribution in [1.29, 1.82) is 0 Å². The summed E-state index contributed by atoms with van der Waals surface area (Å²) in [6.07, 6.45) is 1.57. The molecular weight excluding hydrogens is 226 g/mol. The van der Waals surface area contributed by atoms with Gasteiger partial charge < -0.3 is 9.67 Å². The van der Waals surface area contributed by atoms with Gasteiger partial charge in [0.15, 0.2) is 0 Å². The Bertz CT molecular complexity index is 584. The Hall–Kier alpha value is -1.88. The van der Waals surface area contributed by atoms with Gasteiger partial charge in [0.2, 0.25) is 0 Å². The molecule has 0 radical (unpaired) electrons. The number of aryl methyl sites for hydroxylation is 1. The van der Waals surface area contributed by atoms with E-state index in [1.807, 2.05) is 11.4 Å². The Kier molecular flexibility index (Phi) is 2.62. The van der Waals surface area contributed by atoms with Crippen LogP contribution in [0.5, 0.6) is 0 Å². The highest BCUT2D eigenvalue weighted by Gasteiger charge is 2.17. The first-order chi connectivity index (χ1) is 7.61. The normalized spacial score (nSPS) is 10.3. The molecule has 0 spiro atoms. The van der Waals surface area contributed by atoms with Crippen LogP contribution in [0.25, 0.3) is 10.4 Å². The molecule has 2 heterocycles. The molecule has 0 aromatic carbocycles. The minimum absolute atomic E-state index is 0.174. The number of hydrogen-bond donors (Lipinski definition) is 1. The van der Waals surface area contributed by atoms with Gasteiger partial charge in [0.05, 0.1) is 0 Å². The summed E-state index contributed by atoms with van der Waals surface area (Å²) in [5.74, 6) is -1.19. The van der Waals surface area contributed by atoms with Crippen LogP contribution in [0.15, 0.2) is 34.6 Å². The van der Waals surface area contributed by atoms with Gasteiger partial charge in [-0.1, -0.05) is 6.07 Å². The minimum Gasteiger partial charge on any atom is -0.477 e. The first-order valence-corrected chi connectivity index (χ1v) is 5.46. The Morgan fingerprint density at radius 2 is 2.19 bits per heavy atom. The molecule has 0 saturated carbocycles. The number of pyridine rings is 1. The fourth-order valence-electron chi connectivity index (χ4n) is 1.47. The lowest BCUT2D eigenvalue weighted by atomic mass is 10.1. The number of rotatable bonds is 2. The SMILES string of the molecule is Cn1ccc(-c2cccs2)c(C(=O)O)c1=O. The maximum atomic E-state index is 11.7. The highest BCUT2D eigenvalue weighted by atomic mass is 32.1. The van der Waals surface area contributed by atoms with Gasteiger partial charge in [-0.3, -0.25) is 4.79 Å². The molecule has 1 N–H and O–H groups in total. The van der Waals surface area contributed by atoms with Crippen molar-refractivity contribution in [2.45, 2.75) is 0 Å². The average Bonchev–Trinajstić information content (AvgIpc) is 2.74. The predicted octanol–water partition coefficient (Wildman–Crippen LogP) is 1.81. The summed E-state index contributed by atoms with van der Waals surface area (Å²) in [6, 6.07) is 5.27. The third kappa shape index (κ3) is 1.65. The molecular formula is C11H9NO3S. The molecule has 2 aromatic rings. The van der Waals surface area contributed by atoms with Gasteiger partial charge in [-0.2, -0.15) is 0 Å². The second-order valence-electron chi connectivity index (χ2n) is 3.30. The molecule has 2 aromatic heterocycles. The lowest BCUT2D eigenvalue weighted by Gasteiger charge is -2.05. The number of carboxylic acids is 1. The average molecular weight is 235 g/mol. The highest BCUT2D eigenvalue weighted by Crippen LogP contribution is 2.26. The molecule has 5 heteroatoms. The van der Waals surface area contributed by atoms with E-state index in [9.17, 15) is 9.59 Å². The molecule has 0 unspecified atom stereocenters. The lowest BCUT2D eigenvalue weighted by Crippen LogP contribution is -2.24. The van der Waals surface area contributed by atoms with Crippen molar-refractivity contribution in [3.63, 3.8) is 0 Å². The van der Waals surface area contributed by atoms with E-state index in [2.05, 4.69) is 0 Å². The van der Waals surface area contributed by atoms with E-state index < -0.39 is 11.5 Å². The van der Waals surface area contributed by atoms with Crippen molar-refractivity contribution < 1.29 is 9.90 Å². The highest BCUT2D eigenvalue weighted by molar-refractivity contribution is 7.13. The van der Waals surface area contributed by atoms with Gasteiger partial charge in [0.25, 0.3) is 5.56 Å². The molecule has 0 atom stereocenters. The fraction of sp³-hybridized carbons (Fsp3) is 0.0909. The van der Waals surface area contributed by atoms with Crippen LogP contribution in [0.3, 0.4) is 0 Å². The Labute approximate surface area is 95.4 Å². The van der Waals surface area contributed by atoms with Crippen molar-refractivity contribution in [3.05, 3.63) is 45.7 Å². The molecule has 0 aliphatic carbocycles. The zero-order chi connectivity index (χ0) is 11.7.